The summed E-state index contributed by atoms with van der Waals surface area (Å²) in [5.74, 6) is 2.21. The van der Waals surface area contributed by atoms with Gasteiger partial charge in [-0.2, -0.15) is 0 Å². The van der Waals surface area contributed by atoms with Gasteiger partial charge in [-0.25, -0.2) is 0 Å². The third-order valence-electron chi connectivity index (χ3n) is 3.72. The Hall–Kier alpha value is -0.690. The molecule has 1 aromatic rings. The molecule has 0 fully saturated rings. The highest BCUT2D eigenvalue weighted by Gasteiger charge is 2.22. The normalized spacial score (nSPS) is 13.4. The van der Waals surface area contributed by atoms with E-state index in [-0.39, 0.29) is 5.41 Å². The predicted octanol–water partition coefficient (Wildman–Crippen LogP) is 4.80. The van der Waals surface area contributed by atoms with Crippen molar-refractivity contribution < 1.29 is 4.74 Å². The van der Waals surface area contributed by atoms with E-state index >= 15 is 0 Å². The molecule has 0 radical (unpaired) electrons. The second-order valence-corrected chi connectivity index (χ2v) is 6.04. The fraction of sp³-hybridized carbons (Fsp3) is 0.625. The summed E-state index contributed by atoms with van der Waals surface area (Å²) in [6.45, 7) is 8.93. The van der Waals surface area contributed by atoms with Gasteiger partial charge in [0.15, 0.2) is 0 Å². The maximum absolute atomic E-state index is 5.89. The van der Waals surface area contributed by atoms with E-state index in [0.717, 1.165) is 18.6 Å². The predicted molar refractivity (Wildman–Crippen MR) is 79.9 cm³/mol. The molecule has 1 unspecified atom stereocenters. The van der Waals surface area contributed by atoms with Crippen molar-refractivity contribution >= 4 is 11.6 Å². The SMILES string of the molecule is CCC(C)(C)c1cc(CC(C)CCl)ccc1OC. The van der Waals surface area contributed by atoms with Crippen molar-refractivity contribution in [3.63, 3.8) is 0 Å². The van der Waals surface area contributed by atoms with Gasteiger partial charge in [0.2, 0.25) is 0 Å². The van der Waals surface area contributed by atoms with Crippen LogP contribution in [0.2, 0.25) is 0 Å². The van der Waals surface area contributed by atoms with E-state index in [2.05, 4.69) is 45.9 Å². The lowest BCUT2D eigenvalue weighted by molar-refractivity contribution is 0.388. The first kappa shape index (κ1) is 15.4. The van der Waals surface area contributed by atoms with E-state index in [4.69, 9.17) is 16.3 Å². The van der Waals surface area contributed by atoms with Gasteiger partial charge in [0.25, 0.3) is 0 Å². The fourth-order valence-corrected chi connectivity index (χ4v) is 2.17. The van der Waals surface area contributed by atoms with Crippen LogP contribution in [0.25, 0.3) is 0 Å². The summed E-state index contributed by atoms with van der Waals surface area (Å²) in [4.78, 5) is 0. The van der Waals surface area contributed by atoms with Gasteiger partial charge in [-0.1, -0.05) is 39.8 Å². The summed E-state index contributed by atoms with van der Waals surface area (Å²) < 4.78 is 5.49. The molecule has 18 heavy (non-hydrogen) atoms. The molecule has 0 saturated heterocycles. The second-order valence-electron chi connectivity index (χ2n) is 5.74. The molecular formula is C16H25ClO. The van der Waals surface area contributed by atoms with Crippen molar-refractivity contribution in [1.82, 2.24) is 0 Å². The first-order valence-electron chi connectivity index (χ1n) is 6.68. The molecule has 0 bridgehead atoms. The number of hydrogen-bond acceptors (Lipinski definition) is 1. The van der Waals surface area contributed by atoms with Crippen molar-refractivity contribution in [3.05, 3.63) is 29.3 Å². The van der Waals surface area contributed by atoms with Gasteiger partial charge in [0.1, 0.15) is 5.75 Å². The molecule has 1 aromatic carbocycles. The van der Waals surface area contributed by atoms with Gasteiger partial charge in [-0.05, 0) is 41.4 Å². The maximum atomic E-state index is 5.89. The van der Waals surface area contributed by atoms with Gasteiger partial charge in [0, 0.05) is 5.88 Å². The fourth-order valence-electron chi connectivity index (χ4n) is 2.06. The molecule has 0 heterocycles. The number of alkyl halides is 1. The van der Waals surface area contributed by atoms with Crippen LogP contribution in [-0.4, -0.2) is 13.0 Å². The average molecular weight is 269 g/mol. The quantitative estimate of drug-likeness (QED) is 0.674. The topological polar surface area (TPSA) is 9.23 Å². The van der Waals surface area contributed by atoms with Crippen LogP contribution in [-0.2, 0) is 11.8 Å². The Balaban J connectivity index is 3.10. The Bertz CT molecular complexity index is 385. The van der Waals surface area contributed by atoms with Crippen LogP contribution < -0.4 is 4.74 Å². The van der Waals surface area contributed by atoms with E-state index < -0.39 is 0 Å². The zero-order chi connectivity index (χ0) is 13.8. The Morgan fingerprint density at radius 1 is 1.33 bits per heavy atom. The summed E-state index contributed by atoms with van der Waals surface area (Å²) in [5.41, 5.74) is 2.79. The molecule has 1 rings (SSSR count). The van der Waals surface area contributed by atoms with Crippen molar-refractivity contribution in [2.45, 2.75) is 46.0 Å². The molecular weight excluding hydrogens is 244 g/mol. The lowest BCUT2D eigenvalue weighted by Crippen LogP contribution is -2.17. The van der Waals surface area contributed by atoms with Crippen LogP contribution in [0.5, 0.6) is 5.75 Å². The highest BCUT2D eigenvalue weighted by molar-refractivity contribution is 6.18. The molecule has 0 aliphatic carbocycles. The Morgan fingerprint density at radius 2 is 2.00 bits per heavy atom. The largest absolute Gasteiger partial charge is 0.496 e. The van der Waals surface area contributed by atoms with E-state index in [1.165, 1.54) is 11.1 Å². The van der Waals surface area contributed by atoms with Gasteiger partial charge < -0.3 is 4.74 Å². The van der Waals surface area contributed by atoms with Crippen molar-refractivity contribution in [1.29, 1.82) is 0 Å². The van der Waals surface area contributed by atoms with Gasteiger partial charge >= 0.3 is 0 Å². The minimum absolute atomic E-state index is 0.144. The number of hydrogen-bond donors (Lipinski definition) is 0. The summed E-state index contributed by atoms with van der Waals surface area (Å²) in [5, 5.41) is 0. The zero-order valence-electron chi connectivity index (χ0n) is 12.2. The highest BCUT2D eigenvalue weighted by Crippen LogP contribution is 2.35. The Morgan fingerprint density at radius 3 is 2.50 bits per heavy atom. The van der Waals surface area contributed by atoms with Gasteiger partial charge in [0.05, 0.1) is 7.11 Å². The molecule has 1 atom stereocenters. The van der Waals surface area contributed by atoms with Gasteiger partial charge in [-0.15, -0.1) is 11.6 Å². The standard InChI is InChI=1S/C16H25ClO/c1-6-16(3,4)14-10-13(9-12(2)11-17)7-8-15(14)18-5/h7-8,10,12H,6,9,11H2,1-5H3. The molecule has 0 N–H and O–H groups in total. The summed E-state index contributed by atoms with van der Waals surface area (Å²) in [7, 11) is 1.74. The first-order chi connectivity index (χ1) is 8.44. The minimum atomic E-state index is 0.144. The molecule has 0 saturated carbocycles. The molecule has 0 aromatic heterocycles. The third kappa shape index (κ3) is 3.65. The number of ether oxygens (including phenoxy) is 1. The minimum Gasteiger partial charge on any atom is -0.496 e. The molecule has 0 aliphatic rings. The lowest BCUT2D eigenvalue weighted by atomic mass is 9.80. The van der Waals surface area contributed by atoms with Crippen LogP contribution in [0, 0.1) is 5.92 Å². The van der Waals surface area contributed by atoms with E-state index in [0.29, 0.717) is 11.8 Å². The zero-order valence-corrected chi connectivity index (χ0v) is 13.0. The molecule has 102 valence electrons. The lowest BCUT2D eigenvalue weighted by Gasteiger charge is -2.26. The van der Waals surface area contributed by atoms with Crippen LogP contribution in [0.4, 0.5) is 0 Å². The maximum Gasteiger partial charge on any atom is 0.122 e. The first-order valence-corrected chi connectivity index (χ1v) is 7.21. The Labute approximate surface area is 116 Å². The van der Waals surface area contributed by atoms with E-state index in [1.807, 2.05) is 0 Å². The van der Waals surface area contributed by atoms with Crippen LogP contribution in [0.1, 0.15) is 45.2 Å². The third-order valence-corrected chi connectivity index (χ3v) is 4.25. The number of rotatable bonds is 6. The second kappa shape index (κ2) is 6.47. The van der Waals surface area contributed by atoms with E-state index in [9.17, 15) is 0 Å². The van der Waals surface area contributed by atoms with Gasteiger partial charge in [-0.3, -0.25) is 0 Å². The van der Waals surface area contributed by atoms with E-state index in [1.54, 1.807) is 7.11 Å². The molecule has 1 nitrogen and oxygen atoms in total. The highest BCUT2D eigenvalue weighted by atomic mass is 35.5. The van der Waals surface area contributed by atoms with Crippen molar-refractivity contribution in [2.75, 3.05) is 13.0 Å². The van der Waals surface area contributed by atoms with Crippen LogP contribution in [0.3, 0.4) is 0 Å². The van der Waals surface area contributed by atoms with Crippen molar-refractivity contribution in [3.8, 4) is 5.75 Å². The average Bonchev–Trinajstić information content (AvgIpc) is 2.38. The number of benzene rings is 1. The van der Waals surface area contributed by atoms with Crippen molar-refractivity contribution in [2.24, 2.45) is 5.92 Å². The summed E-state index contributed by atoms with van der Waals surface area (Å²) in [6.07, 6.45) is 2.12. The van der Waals surface area contributed by atoms with Crippen LogP contribution in [0.15, 0.2) is 18.2 Å². The molecule has 0 aliphatic heterocycles. The summed E-state index contributed by atoms with van der Waals surface area (Å²) >= 11 is 5.89. The monoisotopic (exact) mass is 268 g/mol. The molecule has 0 amide bonds. The smallest absolute Gasteiger partial charge is 0.122 e. The van der Waals surface area contributed by atoms with Crippen LogP contribution >= 0.6 is 11.6 Å². The molecule has 0 spiro atoms. The Kier molecular flexibility index (Phi) is 5.52. The molecule has 2 heteroatoms. The number of halogens is 1. The number of methoxy groups -OCH3 is 1. The summed E-state index contributed by atoms with van der Waals surface area (Å²) in [6, 6.07) is 6.52.